The molecule has 3 aromatic rings. The van der Waals surface area contributed by atoms with E-state index in [1.54, 1.807) is 24.3 Å². The van der Waals surface area contributed by atoms with E-state index in [0.717, 1.165) is 5.52 Å². The summed E-state index contributed by atoms with van der Waals surface area (Å²) in [6, 6.07) is 13.5. The fourth-order valence-corrected chi connectivity index (χ4v) is 2.17. The highest BCUT2D eigenvalue weighted by atomic mass is 16.6. The summed E-state index contributed by atoms with van der Waals surface area (Å²) in [5.74, 6) is 0. The van der Waals surface area contributed by atoms with Gasteiger partial charge in [-0.3, -0.25) is 20.0 Å². The van der Waals surface area contributed by atoms with Gasteiger partial charge in [0.05, 0.1) is 22.4 Å². The van der Waals surface area contributed by atoms with Crippen LogP contribution in [-0.4, -0.2) is 14.7 Å². The number of non-ortho nitro benzene ring substituents is 1. The predicted octanol–water partition coefficient (Wildman–Crippen LogP) is 2.29. The number of nitro benzene ring substituents is 1. The van der Waals surface area contributed by atoms with Crippen molar-refractivity contribution in [3.8, 4) is 0 Å². The zero-order chi connectivity index (χ0) is 14.1. The normalized spacial score (nSPS) is 10.8. The molecule has 2 aromatic carbocycles. The highest BCUT2D eigenvalue weighted by Crippen LogP contribution is 2.14. The van der Waals surface area contributed by atoms with E-state index in [-0.39, 0.29) is 17.8 Å². The summed E-state index contributed by atoms with van der Waals surface area (Å²) in [4.78, 5) is 22.4. The van der Waals surface area contributed by atoms with Crippen molar-refractivity contribution in [1.82, 2.24) is 9.78 Å². The molecule has 0 radical (unpaired) electrons. The van der Waals surface area contributed by atoms with E-state index in [9.17, 15) is 14.9 Å². The second kappa shape index (κ2) is 4.65. The van der Waals surface area contributed by atoms with Crippen LogP contribution >= 0.6 is 0 Å². The molecule has 1 aromatic heterocycles. The molecule has 0 spiro atoms. The number of aromatic amines is 1. The van der Waals surface area contributed by atoms with E-state index in [1.807, 2.05) is 12.1 Å². The predicted molar refractivity (Wildman–Crippen MR) is 74.8 cm³/mol. The van der Waals surface area contributed by atoms with Crippen molar-refractivity contribution in [3.05, 3.63) is 74.6 Å². The first-order valence-corrected chi connectivity index (χ1v) is 6.06. The second-order valence-electron chi connectivity index (χ2n) is 4.48. The van der Waals surface area contributed by atoms with E-state index >= 15 is 0 Å². The summed E-state index contributed by atoms with van der Waals surface area (Å²) in [6.07, 6.45) is 0. The van der Waals surface area contributed by atoms with Gasteiger partial charge in [-0.15, -0.1) is 0 Å². The van der Waals surface area contributed by atoms with Crippen LogP contribution in [0.3, 0.4) is 0 Å². The number of hydrogen-bond donors (Lipinski definition) is 1. The largest absolute Gasteiger partial charge is 0.295 e. The van der Waals surface area contributed by atoms with Gasteiger partial charge in [0.15, 0.2) is 0 Å². The SMILES string of the molecule is O=c1c2ccccc2[nH]n1Cc1cccc([N+](=O)[O-])c1. The Morgan fingerprint density at radius 1 is 1.15 bits per heavy atom. The number of benzene rings is 2. The Labute approximate surface area is 113 Å². The van der Waals surface area contributed by atoms with Crippen LogP contribution in [0.4, 0.5) is 5.69 Å². The quantitative estimate of drug-likeness (QED) is 0.585. The first-order valence-electron chi connectivity index (χ1n) is 6.06. The van der Waals surface area contributed by atoms with E-state index in [2.05, 4.69) is 5.10 Å². The Morgan fingerprint density at radius 3 is 2.70 bits per heavy atom. The molecule has 0 saturated heterocycles. The minimum absolute atomic E-state index is 0.0201. The number of nitro groups is 1. The van der Waals surface area contributed by atoms with Crippen LogP contribution < -0.4 is 5.56 Å². The van der Waals surface area contributed by atoms with Gasteiger partial charge < -0.3 is 0 Å². The monoisotopic (exact) mass is 269 g/mol. The minimum atomic E-state index is -0.447. The second-order valence-corrected chi connectivity index (χ2v) is 4.48. The molecule has 1 heterocycles. The molecule has 6 nitrogen and oxygen atoms in total. The maximum absolute atomic E-state index is 12.1. The molecule has 0 atom stereocenters. The smallest absolute Gasteiger partial charge is 0.274 e. The van der Waals surface area contributed by atoms with Gasteiger partial charge in [-0.25, -0.2) is 4.68 Å². The average molecular weight is 269 g/mol. The molecule has 3 rings (SSSR count). The Balaban J connectivity index is 2.01. The summed E-state index contributed by atoms with van der Waals surface area (Å²) in [5.41, 5.74) is 1.34. The van der Waals surface area contributed by atoms with Gasteiger partial charge in [0, 0.05) is 12.1 Å². The van der Waals surface area contributed by atoms with Crippen molar-refractivity contribution in [2.24, 2.45) is 0 Å². The number of rotatable bonds is 3. The molecule has 100 valence electrons. The lowest BCUT2D eigenvalue weighted by Crippen LogP contribution is -2.17. The van der Waals surface area contributed by atoms with Crippen LogP contribution in [0.15, 0.2) is 53.3 Å². The van der Waals surface area contributed by atoms with Crippen molar-refractivity contribution in [2.45, 2.75) is 6.54 Å². The fourth-order valence-electron chi connectivity index (χ4n) is 2.17. The number of H-pyrrole nitrogens is 1. The van der Waals surface area contributed by atoms with Crippen LogP contribution in [0.1, 0.15) is 5.56 Å². The maximum Gasteiger partial charge on any atom is 0.274 e. The third-order valence-corrected chi connectivity index (χ3v) is 3.12. The molecule has 0 amide bonds. The van der Waals surface area contributed by atoms with Gasteiger partial charge >= 0.3 is 0 Å². The molecule has 20 heavy (non-hydrogen) atoms. The van der Waals surface area contributed by atoms with Crippen molar-refractivity contribution in [2.75, 3.05) is 0 Å². The third kappa shape index (κ3) is 2.07. The highest BCUT2D eigenvalue weighted by molar-refractivity contribution is 5.77. The van der Waals surface area contributed by atoms with E-state index in [4.69, 9.17) is 0 Å². The standard InChI is InChI=1S/C14H11N3O3/c18-14-12-6-1-2-7-13(12)15-16(14)9-10-4-3-5-11(8-10)17(19)20/h1-8,15H,9H2. The molecule has 0 aliphatic heterocycles. The van der Waals surface area contributed by atoms with Gasteiger partial charge in [0.25, 0.3) is 11.2 Å². The molecular formula is C14H11N3O3. The topological polar surface area (TPSA) is 80.9 Å². The Morgan fingerprint density at radius 2 is 1.95 bits per heavy atom. The third-order valence-electron chi connectivity index (χ3n) is 3.12. The van der Waals surface area contributed by atoms with Crippen LogP contribution in [-0.2, 0) is 6.54 Å². The van der Waals surface area contributed by atoms with Gasteiger partial charge in [-0.1, -0.05) is 24.3 Å². The summed E-state index contributed by atoms with van der Waals surface area (Å²) in [7, 11) is 0. The molecule has 1 N–H and O–H groups in total. The van der Waals surface area contributed by atoms with Crippen LogP contribution in [0, 0.1) is 10.1 Å². The zero-order valence-corrected chi connectivity index (χ0v) is 10.4. The Hall–Kier alpha value is -2.89. The number of para-hydroxylation sites is 1. The number of aromatic nitrogens is 2. The summed E-state index contributed by atoms with van der Waals surface area (Å²) in [6.45, 7) is 0.273. The lowest BCUT2D eigenvalue weighted by Gasteiger charge is -2.01. The van der Waals surface area contributed by atoms with Crippen LogP contribution in [0.25, 0.3) is 10.9 Å². The van der Waals surface area contributed by atoms with E-state index in [0.29, 0.717) is 10.9 Å². The highest BCUT2D eigenvalue weighted by Gasteiger charge is 2.09. The van der Waals surface area contributed by atoms with Gasteiger partial charge in [0.1, 0.15) is 0 Å². The summed E-state index contributed by atoms with van der Waals surface area (Å²) in [5, 5.41) is 14.3. The first-order chi connectivity index (χ1) is 9.65. The molecule has 0 aliphatic carbocycles. The van der Waals surface area contributed by atoms with Gasteiger partial charge in [-0.2, -0.15) is 0 Å². The summed E-state index contributed by atoms with van der Waals surface area (Å²) >= 11 is 0. The van der Waals surface area contributed by atoms with Crippen LogP contribution in [0.5, 0.6) is 0 Å². The Bertz CT molecular complexity index is 848. The van der Waals surface area contributed by atoms with Gasteiger partial charge in [-0.05, 0) is 17.7 Å². The maximum atomic E-state index is 12.1. The molecule has 0 fully saturated rings. The molecule has 0 aliphatic rings. The van der Waals surface area contributed by atoms with Crippen molar-refractivity contribution >= 4 is 16.6 Å². The van der Waals surface area contributed by atoms with Crippen LogP contribution in [0.2, 0.25) is 0 Å². The summed E-state index contributed by atoms with van der Waals surface area (Å²) < 4.78 is 1.45. The first kappa shape index (κ1) is 12.2. The lowest BCUT2D eigenvalue weighted by atomic mass is 10.2. The zero-order valence-electron chi connectivity index (χ0n) is 10.4. The molecule has 0 bridgehead atoms. The van der Waals surface area contributed by atoms with E-state index < -0.39 is 4.92 Å². The molecule has 0 unspecified atom stereocenters. The molecule has 6 heteroatoms. The number of nitrogens with one attached hydrogen (secondary N) is 1. The van der Waals surface area contributed by atoms with Gasteiger partial charge in [0.2, 0.25) is 0 Å². The minimum Gasteiger partial charge on any atom is -0.295 e. The van der Waals surface area contributed by atoms with Crippen molar-refractivity contribution in [1.29, 1.82) is 0 Å². The number of hydrogen-bond acceptors (Lipinski definition) is 3. The van der Waals surface area contributed by atoms with Crippen molar-refractivity contribution in [3.63, 3.8) is 0 Å². The molecule has 0 saturated carbocycles. The number of fused-ring (bicyclic) bond motifs is 1. The lowest BCUT2D eigenvalue weighted by molar-refractivity contribution is -0.384. The molecular weight excluding hydrogens is 258 g/mol. The number of nitrogens with zero attached hydrogens (tertiary/aromatic N) is 2. The van der Waals surface area contributed by atoms with Crippen molar-refractivity contribution < 1.29 is 4.92 Å². The Kier molecular flexibility index (Phi) is 2.83. The fraction of sp³-hybridized carbons (Fsp3) is 0.0714. The average Bonchev–Trinajstić information content (AvgIpc) is 2.76. The van der Waals surface area contributed by atoms with E-state index in [1.165, 1.54) is 16.8 Å².